The largest absolute Gasteiger partial charge is 0.489 e. The molecule has 170 valence electrons. The van der Waals surface area contributed by atoms with Crippen LogP contribution in [0.1, 0.15) is 27.9 Å². The van der Waals surface area contributed by atoms with E-state index in [4.69, 9.17) is 16.3 Å². The molecule has 2 aromatic heterocycles. The lowest BCUT2D eigenvalue weighted by molar-refractivity contribution is 0.117. The number of hydrogen-bond donors (Lipinski definition) is 1. The number of rotatable bonds is 1. The van der Waals surface area contributed by atoms with Crippen molar-refractivity contribution in [1.29, 1.82) is 5.26 Å². The van der Waals surface area contributed by atoms with Crippen LogP contribution in [0.2, 0.25) is 5.15 Å². The first-order valence-corrected chi connectivity index (χ1v) is 11.4. The summed E-state index contributed by atoms with van der Waals surface area (Å²) in [5.74, 6) is 0.662. The highest BCUT2D eigenvalue weighted by atomic mass is 35.5. The Bertz CT molecular complexity index is 1670. The standard InChI is InChI=1S/C28H19ClN4O2/c1-33-16-31-14-26(33)28(34)20-6-5-18(13-30)19(9-20)15-35-22-4-2-3-17(10-22)23-12-27(29)32-25-8-7-21(28)11-24(23)25/h2-12,14,16,34H,15H2,1H3. The third-order valence-corrected chi connectivity index (χ3v) is 6.76. The highest BCUT2D eigenvalue weighted by Gasteiger charge is 2.37. The van der Waals surface area contributed by atoms with Gasteiger partial charge in [0.25, 0.3) is 0 Å². The average molecular weight is 479 g/mol. The second kappa shape index (κ2) is 7.95. The molecule has 1 atom stereocenters. The Kier molecular flexibility index (Phi) is 4.85. The molecule has 3 heterocycles. The fourth-order valence-electron chi connectivity index (χ4n) is 4.79. The molecule has 0 radical (unpaired) electrons. The number of aliphatic hydroxyl groups is 1. The lowest BCUT2D eigenvalue weighted by atomic mass is 9.81. The van der Waals surface area contributed by atoms with Crippen LogP contribution in [0.3, 0.4) is 0 Å². The number of benzene rings is 3. The van der Waals surface area contributed by atoms with Gasteiger partial charge in [-0.3, -0.25) is 0 Å². The van der Waals surface area contributed by atoms with E-state index in [9.17, 15) is 10.4 Å². The SMILES string of the molecule is Cn1cncc1C1(O)c2ccc(C#N)c(c2)COc2cccc(c2)-c2cc(Cl)nc3ccc1cc23. The second-order valence-electron chi connectivity index (χ2n) is 8.62. The number of halogens is 1. The molecule has 1 aliphatic heterocycles. The first kappa shape index (κ1) is 21.4. The predicted octanol–water partition coefficient (Wildman–Crippen LogP) is 5.34. The monoisotopic (exact) mass is 478 g/mol. The van der Waals surface area contributed by atoms with Crippen molar-refractivity contribution in [2.45, 2.75) is 12.2 Å². The summed E-state index contributed by atoms with van der Waals surface area (Å²) in [5.41, 5.74) is 3.95. The molecule has 6 nitrogen and oxygen atoms in total. The Morgan fingerprint density at radius 3 is 2.71 bits per heavy atom. The zero-order valence-electron chi connectivity index (χ0n) is 18.7. The average Bonchev–Trinajstić information content (AvgIpc) is 3.32. The van der Waals surface area contributed by atoms with E-state index >= 15 is 0 Å². The lowest BCUT2D eigenvalue weighted by Crippen LogP contribution is -2.31. The van der Waals surface area contributed by atoms with Crippen LogP contribution in [-0.2, 0) is 19.3 Å². The summed E-state index contributed by atoms with van der Waals surface area (Å²) in [6.45, 7) is 0.172. The Balaban J connectivity index is 1.74. The van der Waals surface area contributed by atoms with Crippen molar-refractivity contribution in [3.63, 3.8) is 0 Å². The van der Waals surface area contributed by atoms with E-state index in [1.165, 1.54) is 0 Å². The summed E-state index contributed by atoms with van der Waals surface area (Å²) in [4.78, 5) is 8.78. The van der Waals surface area contributed by atoms with E-state index in [1.807, 2.05) is 61.6 Å². The minimum Gasteiger partial charge on any atom is -0.489 e. The quantitative estimate of drug-likeness (QED) is 0.329. The Morgan fingerprint density at radius 1 is 1.09 bits per heavy atom. The van der Waals surface area contributed by atoms with E-state index in [-0.39, 0.29) is 6.61 Å². The van der Waals surface area contributed by atoms with Gasteiger partial charge >= 0.3 is 0 Å². The lowest BCUT2D eigenvalue weighted by Gasteiger charge is -2.30. The Morgan fingerprint density at radius 2 is 1.91 bits per heavy atom. The van der Waals surface area contributed by atoms with E-state index in [1.54, 1.807) is 29.2 Å². The van der Waals surface area contributed by atoms with Crippen LogP contribution >= 0.6 is 11.6 Å². The molecular weight excluding hydrogens is 460 g/mol. The molecule has 7 heteroatoms. The molecule has 6 rings (SSSR count). The molecule has 0 spiro atoms. The topological polar surface area (TPSA) is 84.0 Å². The number of ether oxygens (including phenoxy) is 1. The minimum atomic E-state index is -1.55. The van der Waals surface area contributed by atoms with Crippen molar-refractivity contribution in [1.82, 2.24) is 14.5 Å². The number of aromatic nitrogens is 3. The zero-order valence-corrected chi connectivity index (χ0v) is 19.5. The van der Waals surface area contributed by atoms with Crippen LogP contribution in [0.4, 0.5) is 0 Å². The van der Waals surface area contributed by atoms with Crippen LogP contribution in [-0.4, -0.2) is 19.6 Å². The number of fused-ring (bicyclic) bond motifs is 6. The summed E-state index contributed by atoms with van der Waals surface area (Å²) >= 11 is 6.39. The first-order valence-electron chi connectivity index (χ1n) is 11.0. The van der Waals surface area contributed by atoms with Gasteiger partial charge in [0.1, 0.15) is 17.5 Å². The molecule has 3 aromatic carbocycles. The van der Waals surface area contributed by atoms with Crippen molar-refractivity contribution in [2.24, 2.45) is 7.05 Å². The molecule has 6 bridgehead atoms. The summed E-state index contributed by atoms with van der Waals surface area (Å²) in [7, 11) is 1.84. The van der Waals surface area contributed by atoms with Crippen LogP contribution in [0.25, 0.3) is 22.0 Å². The molecule has 35 heavy (non-hydrogen) atoms. The van der Waals surface area contributed by atoms with Crippen molar-refractivity contribution in [3.8, 4) is 22.9 Å². The fraction of sp³-hybridized carbons (Fsp3) is 0.107. The number of pyridine rings is 1. The fourth-order valence-corrected chi connectivity index (χ4v) is 4.99. The van der Waals surface area contributed by atoms with Crippen molar-refractivity contribution in [3.05, 3.63) is 112 Å². The molecule has 1 N–H and O–H groups in total. The van der Waals surface area contributed by atoms with Crippen LogP contribution in [0.5, 0.6) is 5.75 Å². The molecular formula is C28H19ClN4O2. The third kappa shape index (κ3) is 3.36. The van der Waals surface area contributed by atoms with E-state index in [2.05, 4.69) is 16.0 Å². The van der Waals surface area contributed by atoms with Gasteiger partial charge in [0.2, 0.25) is 0 Å². The van der Waals surface area contributed by atoms with E-state index in [0.29, 0.717) is 44.4 Å². The maximum atomic E-state index is 12.5. The minimum absolute atomic E-state index is 0.172. The maximum Gasteiger partial charge on any atom is 0.156 e. The number of nitriles is 1. The predicted molar refractivity (Wildman–Crippen MR) is 133 cm³/mol. The first-order chi connectivity index (χ1) is 17.0. The van der Waals surface area contributed by atoms with Gasteiger partial charge in [-0.05, 0) is 64.7 Å². The van der Waals surface area contributed by atoms with Crippen molar-refractivity contribution in [2.75, 3.05) is 0 Å². The summed E-state index contributed by atoms with van der Waals surface area (Å²) in [5, 5.41) is 23.4. The normalized spacial score (nSPS) is 16.6. The van der Waals surface area contributed by atoms with Gasteiger partial charge in [-0.25, -0.2) is 9.97 Å². The smallest absolute Gasteiger partial charge is 0.156 e. The highest BCUT2D eigenvalue weighted by Crippen LogP contribution is 2.41. The zero-order chi connectivity index (χ0) is 24.2. The molecule has 0 saturated carbocycles. The van der Waals surface area contributed by atoms with Crippen molar-refractivity contribution >= 4 is 22.5 Å². The molecule has 5 aromatic rings. The Hall–Kier alpha value is -4.18. The highest BCUT2D eigenvalue weighted by molar-refractivity contribution is 6.30. The van der Waals surface area contributed by atoms with Crippen LogP contribution < -0.4 is 4.74 Å². The van der Waals surface area contributed by atoms with Gasteiger partial charge in [0.15, 0.2) is 5.60 Å². The summed E-state index contributed by atoms with van der Waals surface area (Å²) in [6.07, 6.45) is 3.31. The number of hydrogen-bond acceptors (Lipinski definition) is 5. The molecule has 0 amide bonds. The maximum absolute atomic E-state index is 12.5. The van der Waals surface area contributed by atoms with Crippen molar-refractivity contribution < 1.29 is 9.84 Å². The van der Waals surface area contributed by atoms with Gasteiger partial charge in [0, 0.05) is 18.0 Å². The molecule has 0 saturated heterocycles. The molecule has 0 fully saturated rings. The van der Waals surface area contributed by atoms with Crippen LogP contribution in [0, 0.1) is 11.3 Å². The Labute approximate surface area is 206 Å². The van der Waals surface area contributed by atoms with Gasteiger partial charge < -0.3 is 14.4 Å². The molecule has 0 aliphatic carbocycles. The molecule has 1 unspecified atom stereocenters. The van der Waals surface area contributed by atoms with E-state index in [0.717, 1.165) is 16.5 Å². The third-order valence-electron chi connectivity index (χ3n) is 6.57. The molecule has 1 aliphatic rings. The van der Waals surface area contributed by atoms with Gasteiger partial charge in [0.05, 0.1) is 35.4 Å². The second-order valence-corrected chi connectivity index (χ2v) is 9.01. The van der Waals surface area contributed by atoms with E-state index < -0.39 is 5.60 Å². The van der Waals surface area contributed by atoms with Gasteiger partial charge in [-0.15, -0.1) is 0 Å². The van der Waals surface area contributed by atoms with Gasteiger partial charge in [-0.1, -0.05) is 35.9 Å². The van der Waals surface area contributed by atoms with Crippen LogP contribution in [0.15, 0.2) is 79.3 Å². The summed E-state index contributed by atoms with van der Waals surface area (Å²) in [6, 6.07) is 22.8. The summed E-state index contributed by atoms with van der Waals surface area (Å²) < 4.78 is 7.90. The number of aryl methyl sites for hydroxylation is 1. The number of nitrogens with zero attached hydrogens (tertiary/aromatic N) is 4. The number of imidazole rings is 1. The van der Waals surface area contributed by atoms with Gasteiger partial charge in [-0.2, -0.15) is 5.26 Å².